The number of nitriles is 1. The lowest BCUT2D eigenvalue weighted by atomic mass is 9.96. The predicted octanol–water partition coefficient (Wildman–Crippen LogP) is 4.26. The van der Waals surface area contributed by atoms with E-state index < -0.39 is 5.91 Å². The van der Waals surface area contributed by atoms with Crippen LogP contribution in [0.25, 0.3) is 0 Å². The number of rotatable bonds is 4. The van der Waals surface area contributed by atoms with Gasteiger partial charge in [0.25, 0.3) is 5.91 Å². The second-order valence-electron chi connectivity index (χ2n) is 5.25. The molecule has 1 aromatic rings. The molecule has 0 radical (unpaired) electrons. The molecule has 0 bridgehead atoms. The molecular weight excluding hydrogens is 321 g/mol. The van der Waals surface area contributed by atoms with Crippen molar-refractivity contribution in [1.29, 1.82) is 5.26 Å². The van der Waals surface area contributed by atoms with E-state index in [4.69, 9.17) is 28.5 Å². The molecule has 0 unspecified atom stereocenters. The van der Waals surface area contributed by atoms with Crippen LogP contribution in [0.2, 0.25) is 10.0 Å². The van der Waals surface area contributed by atoms with Gasteiger partial charge in [0.15, 0.2) is 0 Å². The number of benzene rings is 1. The monoisotopic (exact) mass is 337 g/mol. The highest BCUT2D eigenvalue weighted by molar-refractivity contribution is 6.35. The molecule has 6 heteroatoms. The maximum atomic E-state index is 12.1. The normalized spacial score (nSPS) is 16.0. The van der Waals surface area contributed by atoms with Crippen LogP contribution < -0.4 is 10.6 Å². The van der Waals surface area contributed by atoms with Crippen LogP contribution in [0, 0.1) is 11.3 Å². The molecule has 116 valence electrons. The molecule has 0 aromatic heterocycles. The molecule has 0 atom stereocenters. The molecule has 1 aliphatic carbocycles. The van der Waals surface area contributed by atoms with Crippen molar-refractivity contribution >= 4 is 34.8 Å². The Kier molecular flexibility index (Phi) is 6.11. The van der Waals surface area contributed by atoms with Crippen molar-refractivity contribution in [3.8, 4) is 6.07 Å². The first-order chi connectivity index (χ1) is 10.6. The molecule has 0 heterocycles. The number of hydrogen-bond donors (Lipinski definition) is 2. The average molecular weight is 338 g/mol. The fraction of sp³-hybridized carbons (Fsp3) is 0.375. The van der Waals surface area contributed by atoms with Gasteiger partial charge < -0.3 is 10.6 Å². The number of carbonyl (C=O) groups excluding carboxylic acids is 1. The number of nitrogens with one attached hydrogen (secondary N) is 2. The highest BCUT2D eigenvalue weighted by Crippen LogP contribution is 2.25. The van der Waals surface area contributed by atoms with Crippen LogP contribution in [0.15, 0.2) is 30.0 Å². The number of carbonyl (C=O) groups is 1. The zero-order valence-corrected chi connectivity index (χ0v) is 13.5. The summed E-state index contributed by atoms with van der Waals surface area (Å²) in [5.41, 5.74) is 0.402. The van der Waals surface area contributed by atoms with Crippen LogP contribution in [-0.4, -0.2) is 11.9 Å². The minimum atomic E-state index is -0.505. The van der Waals surface area contributed by atoms with Gasteiger partial charge in [-0.1, -0.05) is 42.5 Å². The second-order valence-corrected chi connectivity index (χ2v) is 6.09. The van der Waals surface area contributed by atoms with Crippen LogP contribution >= 0.6 is 23.2 Å². The van der Waals surface area contributed by atoms with E-state index in [0.29, 0.717) is 21.8 Å². The van der Waals surface area contributed by atoms with Gasteiger partial charge in [0.1, 0.15) is 11.6 Å². The quantitative estimate of drug-likeness (QED) is 0.637. The van der Waals surface area contributed by atoms with E-state index in [1.165, 1.54) is 25.5 Å². The van der Waals surface area contributed by atoms with Crippen molar-refractivity contribution < 1.29 is 4.79 Å². The molecule has 0 saturated heterocycles. The zero-order valence-electron chi connectivity index (χ0n) is 12.0. The molecule has 1 saturated carbocycles. The Hall–Kier alpha value is -1.70. The van der Waals surface area contributed by atoms with Gasteiger partial charge in [-0.15, -0.1) is 0 Å². The fourth-order valence-electron chi connectivity index (χ4n) is 2.40. The molecule has 1 aromatic carbocycles. The third kappa shape index (κ3) is 4.66. The minimum absolute atomic E-state index is 0.0154. The van der Waals surface area contributed by atoms with E-state index >= 15 is 0 Å². The van der Waals surface area contributed by atoms with Gasteiger partial charge in [-0.25, -0.2) is 0 Å². The van der Waals surface area contributed by atoms with Crippen LogP contribution in [0.5, 0.6) is 0 Å². The SMILES string of the molecule is N#C/C(=C/NC1CCCCC1)C(=O)Nc1cc(Cl)ccc1Cl. The topological polar surface area (TPSA) is 64.9 Å². The molecule has 1 fully saturated rings. The second kappa shape index (κ2) is 8.07. The lowest BCUT2D eigenvalue weighted by Crippen LogP contribution is -2.28. The lowest BCUT2D eigenvalue weighted by molar-refractivity contribution is -0.112. The third-order valence-corrected chi connectivity index (χ3v) is 4.17. The Labute approximate surface area is 140 Å². The van der Waals surface area contributed by atoms with Gasteiger partial charge in [0.2, 0.25) is 0 Å². The molecule has 1 aliphatic rings. The van der Waals surface area contributed by atoms with Crippen molar-refractivity contribution in [1.82, 2.24) is 5.32 Å². The molecule has 2 N–H and O–H groups in total. The smallest absolute Gasteiger partial charge is 0.267 e. The van der Waals surface area contributed by atoms with Gasteiger partial charge >= 0.3 is 0 Å². The summed E-state index contributed by atoms with van der Waals surface area (Å²) >= 11 is 11.9. The average Bonchev–Trinajstić information content (AvgIpc) is 2.52. The number of anilines is 1. The predicted molar refractivity (Wildman–Crippen MR) is 88.8 cm³/mol. The maximum absolute atomic E-state index is 12.1. The fourth-order valence-corrected chi connectivity index (χ4v) is 2.74. The Morgan fingerprint density at radius 2 is 2.00 bits per heavy atom. The van der Waals surface area contributed by atoms with E-state index in [9.17, 15) is 4.79 Å². The van der Waals surface area contributed by atoms with Crippen molar-refractivity contribution in [2.75, 3.05) is 5.32 Å². The van der Waals surface area contributed by atoms with Gasteiger partial charge in [0.05, 0.1) is 10.7 Å². The largest absolute Gasteiger partial charge is 0.387 e. The van der Waals surface area contributed by atoms with Crippen LogP contribution in [0.1, 0.15) is 32.1 Å². The summed E-state index contributed by atoms with van der Waals surface area (Å²) in [6, 6.07) is 7.01. The Morgan fingerprint density at radius 1 is 1.27 bits per heavy atom. The first-order valence-corrected chi connectivity index (χ1v) is 7.98. The Bertz CT molecular complexity index is 616. The van der Waals surface area contributed by atoms with Crippen molar-refractivity contribution in [2.24, 2.45) is 0 Å². The molecule has 4 nitrogen and oxygen atoms in total. The van der Waals surface area contributed by atoms with E-state index in [1.807, 2.05) is 6.07 Å². The molecule has 1 amide bonds. The van der Waals surface area contributed by atoms with Crippen molar-refractivity contribution in [3.05, 3.63) is 40.0 Å². The van der Waals surface area contributed by atoms with E-state index in [-0.39, 0.29) is 5.57 Å². The third-order valence-electron chi connectivity index (χ3n) is 3.61. The highest BCUT2D eigenvalue weighted by Gasteiger charge is 2.15. The lowest BCUT2D eigenvalue weighted by Gasteiger charge is -2.21. The summed E-state index contributed by atoms with van der Waals surface area (Å²) in [5, 5.41) is 15.7. The molecule has 0 aliphatic heterocycles. The highest BCUT2D eigenvalue weighted by atomic mass is 35.5. The summed E-state index contributed by atoms with van der Waals surface area (Å²) in [4.78, 5) is 12.1. The van der Waals surface area contributed by atoms with Crippen molar-refractivity contribution in [3.63, 3.8) is 0 Å². The minimum Gasteiger partial charge on any atom is -0.387 e. The molecule has 22 heavy (non-hydrogen) atoms. The first-order valence-electron chi connectivity index (χ1n) is 7.23. The zero-order chi connectivity index (χ0) is 15.9. The molecule has 0 spiro atoms. The van der Waals surface area contributed by atoms with E-state index in [2.05, 4.69) is 10.6 Å². The summed E-state index contributed by atoms with van der Waals surface area (Å²) < 4.78 is 0. The van der Waals surface area contributed by atoms with Gasteiger partial charge in [0, 0.05) is 17.3 Å². The molecular formula is C16H17Cl2N3O. The van der Waals surface area contributed by atoms with Crippen LogP contribution in [0.4, 0.5) is 5.69 Å². The van der Waals surface area contributed by atoms with Gasteiger partial charge in [-0.2, -0.15) is 5.26 Å². The van der Waals surface area contributed by atoms with Gasteiger partial charge in [-0.3, -0.25) is 4.79 Å². The van der Waals surface area contributed by atoms with Crippen molar-refractivity contribution in [2.45, 2.75) is 38.1 Å². The Balaban J connectivity index is 2.02. The van der Waals surface area contributed by atoms with E-state index in [0.717, 1.165) is 12.8 Å². The van der Waals surface area contributed by atoms with Crippen LogP contribution in [-0.2, 0) is 4.79 Å². The standard InChI is InChI=1S/C16H17Cl2N3O/c17-12-6-7-14(18)15(8-12)21-16(22)11(9-19)10-20-13-4-2-1-3-5-13/h6-8,10,13,20H,1-5H2,(H,21,22)/b11-10-. The molecule has 2 rings (SSSR count). The summed E-state index contributed by atoms with van der Waals surface area (Å²) in [6.07, 6.45) is 7.23. The summed E-state index contributed by atoms with van der Waals surface area (Å²) in [5.74, 6) is -0.505. The first kappa shape index (κ1) is 16.7. The summed E-state index contributed by atoms with van der Waals surface area (Å²) in [6.45, 7) is 0. The van der Waals surface area contributed by atoms with Gasteiger partial charge in [-0.05, 0) is 31.0 Å². The number of amides is 1. The Morgan fingerprint density at radius 3 is 2.68 bits per heavy atom. The number of halogens is 2. The summed E-state index contributed by atoms with van der Waals surface area (Å²) in [7, 11) is 0. The van der Waals surface area contributed by atoms with Crippen LogP contribution in [0.3, 0.4) is 0 Å². The number of nitrogens with zero attached hydrogens (tertiary/aromatic N) is 1. The number of hydrogen-bond acceptors (Lipinski definition) is 3. The maximum Gasteiger partial charge on any atom is 0.267 e. The van der Waals surface area contributed by atoms with E-state index in [1.54, 1.807) is 18.2 Å².